The van der Waals surface area contributed by atoms with E-state index in [2.05, 4.69) is 19.2 Å². The summed E-state index contributed by atoms with van der Waals surface area (Å²) in [7, 11) is 3.33. The van der Waals surface area contributed by atoms with Crippen LogP contribution in [0.5, 0.6) is 17.2 Å². The van der Waals surface area contributed by atoms with E-state index in [0.29, 0.717) is 61.6 Å². The van der Waals surface area contributed by atoms with Crippen LogP contribution in [0.25, 0.3) is 0 Å². The lowest BCUT2D eigenvalue weighted by molar-refractivity contribution is 0.0279. The summed E-state index contributed by atoms with van der Waals surface area (Å²) in [6, 6.07) is 6.37. The first-order valence-corrected chi connectivity index (χ1v) is 13.8. The van der Waals surface area contributed by atoms with Gasteiger partial charge in [0.15, 0.2) is 11.5 Å². The highest BCUT2D eigenvalue weighted by atomic mass is 16.6. The number of nitrogens with one attached hydrogen (secondary N) is 1. The molecule has 1 aliphatic heterocycles. The minimum absolute atomic E-state index is 0.00162. The van der Waals surface area contributed by atoms with Gasteiger partial charge in [0, 0.05) is 51.9 Å². The second-order valence-electron chi connectivity index (χ2n) is 11.7. The molecule has 3 atom stereocenters. The summed E-state index contributed by atoms with van der Waals surface area (Å²) >= 11 is 0. The van der Waals surface area contributed by atoms with Gasteiger partial charge in [-0.2, -0.15) is 0 Å². The van der Waals surface area contributed by atoms with Gasteiger partial charge in [0.2, 0.25) is 0 Å². The van der Waals surface area contributed by atoms with E-state index in [0.717, 1.165) is 25.1 Å². The summed E-state index contributed by atoms with van der Waals surface area (Å²) in [6.45, 7) is 13.6. The third-order valence-electron chi connectivity index (χ3n) is 6.93. The summed E-state index contributed by atoms with van der Waals surface area (Å²) in [4.78, 5) is 14.7. The molecule has 8 nitrogen and oxygen atoms in total. The fraction of sp³-hybridized carbons (Fsp3) is 0.759. The fourth-order valence-electron chi connectivity index (χ4n) is 4.68. The van der Waals surface area contributed by atoms with Crippen LogP contribution in [0.1, 0.15) is 60.3 Å². The van der Waals surface area contributed by atoms with E-state index < -0.39 is 5.60 Å². The van der Waals surface area contributed by atoms with Crippen LogP contribution in [0.2, 0.25) is 0 Å². The molecule has 0 spiro atoms. The third kappa shape index (κ3) is 9.56. The van der Waals surface area contributed by atoms with Gasteiger partial charge in [-0.3, -0.25) is 0 Å². The van der Waals surface area contributed by atoms with Crippen molar-refractivity contribution in [3.8, 4) is 17.2 Å². The topological polar surface area (TPSA) is 78.5 Å². The van der Waals surface area contributed by atoms with Crippen molar-refractivity contribution < 1.29 is 28.5 Å². The van der Waals surface area contributed by atoms with Crippen molar-refractivity contribution in [3.05, 3.63) is 18.2 Å². The van der Waals surface area contributed by atoms with E-state index in [1.54, 1.807) is 14.2 Å². The van der Waals surface area contributed by atoms with E-state index in [-0.39, 0.29) is 12.2 Å². The second kappa shape index (κ2) is 13.6. The number of nitrogens with zero attached hydrogens (tertiary/aromatic N) is 1. The van der Waals surface area contributed by atoms with E-state index >= 15 is 0 Å². The number of amides is 1. The van der Waals surface area contributed by atoms with Crippen molar-refractivity contribution in [2.45, 2.75) is 78.0 Å². The molecule has 8 heteroatoms. The Hall–Kier alpha value is -2.19. The van der Waals surface area contributed by atoms with Crippen LogP contribution >= 0.6 is 0 Å². The highest BCUT2D eigenvalue weighted by molar-refractivity contribution is 5.68. The molecule has 0 bridgehead atoms. The minimum Gasteiger partial charge on any atom is -0.493 e. The Morgan fingerprint density at radius 2 is 1.81 bits per heavy atom. The van der Waals surface area contributed by atoms with Gasteiger partial charge >= 0.3 is 6.09 Å². The Morgan fingerprint density at radius 1 is 1.08 bits per heavy atom. The predicted molar refractivity (Wildman–Crippen MR) is 145 cm³/mol. The molecular weight excluding hydrogens is 472 g/mol. The summed E-state index contributed by atoms with van der Waals surface area (Å²) in [5, 5.41) is 3.68. The van der Waals surface area contributed by atoms with Gasteiger partial charge in [0.25, 0.3) is 0 Å². The van der Waals surface area contributed by atoms with Gasteiger partial charge in [-0.25, -0.2) is 4.79 Å². The molecule has 3 rings (SSSR count). The molecule has 1 aromatic rings. The van der Waals surface area contributed by atoms with Gasteiger partial charge in [-0.15, -0.1) is 0 Å². The largest absolute Gasteiger partial charge is 0.493 e. The molecule has 0 unspecified atom stereocenters. The van der Waals surface area contributed by atoms with Gasteiger partial charge in [-0.05, 0) is 69.9 Å². The second-order valence-corrected chi connectivity index (χ2v) is 11.7. The number of carbonyl (C=O) groups is 1. The average molecular weight is 521 g/mol. The van der Waals surface area contributed by atoms with E-state index in [1.165, 1.54) is 12.8 Å². The molecule has 2 fully saturated rings. The zero-order valence-corrected chi connectivity index (χ0v) is 23.9. The number of benzene rings is 1. The third-order valence-corrected chi connectivity index (χ3v) is 6.93. The molecule has 1 heterocycles. The number of likely N-dealkylation sites (tertiary alicyclic amines) is 1. The number of ether oxygens (including phenoxy) is 5. The lowest BCUT2D eigenvalue weighted by Crippen LogP contribution is -2.36. The Bertz CT molecular complexity index is 851. The van der Waals surface area contributed by atoms with E-state index in [4.69, 9.17) is 23.7 Å². The first-order chi connectivity index (χ1) is 17.6. The molecule has 2 aliphatic rings. The van der Waals surface area contributed by atoms with Crippen LogP contribution in [0.15, 0.2) is 18.2 Å². The van der Waals surface area contributed by atoms with Gasteiger partial charge in [0.05, 0.1) is 13.7 Å². The highest BCUT2D eigenvalue weighted by Gasteiger charge is 2.39. The predicted octanol–water partition coefficient (Wildman–Crippen LogP) is 5.14. The molecule has 1 aliphatic carbocycles. The Kier molecular flexibility index (Phi) is 10.8. The van der Waals surface area contributed by atoms with Crippen LogP contribution < -0.4 is 19.5 Å². The first kappa shape index (κ1) is 29.4. The van der Waals surface area contributed by atoms with Crippen molar-refractivity contribution in [2.24, 2.45) is 17.8 Å². The van der Waals surface area contributed by atoms with E-state index in [1.807, 2.05) is 43.9 Å². The first-order valence-electron chi connectivity index (χ1n) is 13.8. The molecule has 0 aromatic heterocycles. The minimum atomic E-state index is -0.502. The maximum Gasteiger partial charge on any atom is 0.410 e. The Labute approximate surface area is 223 Å². The molecule has 37 heavy (non-hydrogen) atoms. The van der Waals surface area contributed by atoms with Crippen LogP contribution in [0.4, 0.5) is 4.79 Å². The van der Waals surface area contributed by atoms with Crippen molar-refractivity contribution in [2.75, 3.05) is 47.1 Å². The Morgan fingerprint density at radius 3 is 2.43 bits per heavy atom. The fourth-order valence-corrected chi connectivity index (χ4v) is 4.68. The highest BCUT2D eigenvalue weighted by Crippen LogP contribution is 2.35. The van der Waals surface area contributed by atoms with Crippen molar-refractivity contribution >= 4 is 6.09 Å². The molecule has 1 amide bonds. The lowest BCUT2D eigenvalue weighted by atomic mass is 9.87. The summed E-state index contributed by atoms with van der Waals surface area (Å²) in [5.74, 6) is 3.11. The van der Waals surface area contributed by atoms with Gasteiger partial charge in [-0.1, -0.05) is 13.8 Å². The maximum atomic E-state index is 12.9. The Balaban J connectivity index is 1.68. The SMILES string of the molecule is COCCCOc1cc(O[C@@H](C[C@@H]2CN(C(=O)OC(C)(C)C)C[C@H]2CNC2CC2)C(C)C)ccc1OC. The lowest BCUT2D eigenvalue weighted by Gasteiger charge is -2.28. The van der Waals surface area contributed by atoms with Gasteiger partial charge in [0.1, 0.15) is 17.5 Å². The number of carbonyl (C=O) groups excluding carboxylic acids is 1. The maximum absolute atomic E-state index is 12.9. The summed E-state index contributed by atoms with van der Waals surface area (Å²) < 4.78 is 28.8. The van der Waals surface area contributed by atoms with Crippen molar-refractivity contribution in [1.29, 1.82) is 0 Å². The molecule has 210 valence electrons. The quantitative estimate of drug-likeness (QED) is 0.340. The van der Waals surface area contributed by atoms with Crippen molar-refractivity contribution in [3.63, 3.8) is 0 Å². The van der Waals surface area contributed by atoms with Crippen LogP contribution in [0, 0.1) is 17.8 Å². The standard InChI is InChI=1S/C29H48N2O6/c1-20(2)26(36-24-11-12-25(34-7)27(16-24)35-14-8-13-33-6)15-21-18-31(28(32)37-29(3,4)5)19-22(21)17-30-23-9-10-23/h11-12,16,20-23,26,30H,8-10,13-15,17-19H2,1-7H3/t21-,22-,26+/m1/s1. The number of rotatable bonds is 14. The monoisotopic (exact) mass is 520 g/mol. The molecule has 1 saturated carbocycles. The smallest absolute Gasteiger partial charge is 0.410 e. The normalized spacial score (nSPS) is 20.7. The van der Waals surface area contributed by atoms with Crippen LogP contribution in [-0.2, 0) is 9.47 Å². The average Bonchev–Trinajstić information content (AvgIpc) is 3.58. The molecule has 1 saturated heterocycles. The molecule has 0 radical (unpaired) electrons. The zero-order chi connectivity index (χ0) is 27.0. The molecule has 1 aromatic carbocycles. The number of hydrogen-bond acceptors (Lipinski definition) is 7. The van der Waals surface area contributed by atoms with Crippen LogP contribution in [0.3, 0.4) is 0 Å². The molecular formula is C29H48N2O6. The van der Waals surface area contributed by atoms with E-state index in [9.17, 15) is 4.79 Å². The summed E-state index contributed by atoms with van der Waals surface area (Å²) in [6.07, 6.45) is 3.94. The van der Waals surface area contributed by atoms with Crippen molar-refractivity contribution in [1.82, 2.24) is 10.2 Å². The van der Waals surface area contributed by atoms with Crippen LogP contribution in [-0.4, -0.2) is 75.8 Å². The van der Waals surface area contributed by atoms with Gasteiger partial charge < -0.3 is 33.9 Å². The number of hydrogen-bond donors (Lipinski definition) is 1. The number of methoxy groups -OCH3 is 2. The summed E-state index contributed by atoms with van der Waals surface area (Å²) in [5.41, 5.74) is -0.502. The molecule has 1 N–H and O–H groups in total. The zero-order valence-electron chi connectivity index (χ0n) is 23.9.